The molecule has 0 atom stereocenters. The van der Waals surface area contributed by atoms with E-state index in [-0.39, 0.29) is 29.8 Å². The highest BCUT2D eigenvalue weighted by atomic mass is 127. The van der Waals surface area contributed by atoms with Crippen LogP contribution in [0.5, 0.6) is 0 Å². The van der Waals surface area contributed by atoms with Crippen LogP contribution >= 0.6 is 35.7 Å². The minimum Gasteiger partial charge on any atom is -0.379 e. The predicted octanol–water partition coefficient (Wildman–Crippen LogP) is 4.00. The van der Waals surface area contributed by atoms with Gasteiger partial charge in [0.05, 0.1) is 13.2 Å². The Labute approximate surface area is 206 Å². The Morgan fingerprint density at radius 2 is 1.81 bits per heavy atom. The van der Waals surface area contributed by atoms with Gasteiger partial charge in [-0.3, -0.25) is 9.89 Å². The molecular formula is C23H32FIN4OS. The Morgan fingerprint density at radius 1 is 1.06 bits per heavy atom. The van der Waals surface area contributed by atoms with Gasteiger partial charge in [0.25, 0.3) is 0 Å². The summed E-state index contributed by atoms with van der Waals surface area (Å²) in [7, 11) is 1.76. The van der Waals surface area contributed by atoms with Crippen molar-refractivity contribution in [3.8, 4) is 0 Å². The summed E-state index contributed by atoms with van der Waals surface area (Å²) < 4.78 is 19.0. The lowest BCUT2D eigenvalue weighted by Crippen LogP contribution is -2.36. The van der Waals surface area contributed by atoms with Crippen LogP contribution in [0.2, 0.25) is 0 Å². The smallest absolute Gasteiger partial charge is 0.191 e. The zero-order valence-corrected chi connectivity index (χ0v) is 21.3. The lowest BCUT2D eigenvalue weighted by molar-refractivity contribution is 0.0342. The van der Waals surface area contributed by atoms with Crippen LogP contribution in [0.15, 0.2) is 47.5 Å². The molecule has 31 heavy (non-hydrogen) atoms. The van der Waals surface area contributed by atoms with Gasteiger partial charge in [-0.15, -0.1) is 24.0 Å². The van der Waals surface area contributed by atoms with Crippen molar-refractivity contribution in [2.45, 2.75) is 25.4 Å². The molecule has 0 aromatic heterocycles. The number of guanidine groups is 1. The van der Waals surface area contributed by atoms with Gasteiger partial charge < -0.3 is 15.4 Å². The number of nitrogens with one attached hydrogen (secondary N) is 2. The SMILES string of the molecule is CN=C(NCc1cccc(CN2CCOCC2)c1)NCc1ccc(F)cc1CSC.I. The molecule has 0 spiro atoms. The van der Waals surface area contributed by atoms with Crippen LogP contribution in [0.1, 0.15) is 22.3 Å². The highest BCUT2D eigenvalue weighted by Crippen LogP contribution is 2.16. The number of hydrogen-bond acceptors (Lipinski definition) is 4. The van der Waals surface area contributed by atoms with E-state index in [1.807, 2.05) is 12.3 Å². The van der Waals surface area contributed by atoms with E-state index in [9.17, 15) is 4.39 Å². The number of thioether (sulfide) groups is 1. The number of nitrogens with zero attached hydrogens (tertiary/aromatic N) is 2. The second-order valence-corrected chi connectivity index (χ2v) is 8.20. The molecule has 2 aromatic carbocycles. The molecule has 0 bridgehead atoms. The molecule has 0 saturated carbocycles. The van der Waals surface area contributed by atoms with Gasteiger partial charge in [-0.25, -0.2) is 4.39 Å². The molecule has 3 rings (SSSR count). The highest BCUT2D eigenvalue weighted by Gasteiger charge is 2.11. The molecule has 1 saturated heterocycles. The summed E-state index contributed by atoms with van der Waals surface area (Å²) in [6.07, 6.45) is 2.02. The topological polar surface area (TPSA) is 48.9 Å². The predicted molar refractivity (Wildman–Crippen MR) is 139 cm³/mol. The monoisotopic (exact) mass is 558 g/mol. The van der Waals surface area contributed by atoms with Crippen LogP contribution < -0.4 is 10.6 Å². The third-order valence-corrected chi connectivity index (χ3v) is 5.70. The van der Waals surface area contributed by atoms with E-state index < -0.39 is 0 Å². The van der Waals surface area contributed by atoms with E-state index in [2.05, 4.69) is 44.8 Å². The van der Waals surface area contributed by atoms with Crippen molar-refractivity contribution in [1.82, 2.24) is 15.5 Å². The molecule has 1 fully saturated rings. The number of rotatable bonds is 8. The average molecular weight is 559 g/mol. The molecule has 5 nitrogen and oxygen atoms in total. The molecule has 2 N–H and O–H groups in total. The van der Waals surface area contributed by atoms with Gasteiger partial charge in [0.2, 0.25) is 0 Å². The summed E-state index contributed by atoms with van der Waals surface area (Å²) in [5.74, 6) is 1.33. The maximum Gasteiger partial charge on any atom is 0.191 e. The van der Waals surface area contributed by atoms with Gasteiger partial charge in [-0.2, -0.15) is 11.8 Å². The molecule has 1 heterocycles. The van der Waals surface area contributed by atoms with Crippen LogP contribution in [-0.4, -0.2) is 50.5 Å². The van der Waals surface area contributed by atoms with Crippen molar-refractivity contribution >= 4 is 41.7 Å². The molecule has 170 valence electrons. The van der Waals surface area contributed by atoms with Crippen molar-refractivity contribution in [3.63, 3.8) is 0 Å². The summed E-state index contributed by atoms with van der Waals surface area (Å²) >= 11 is 1.69. The van der Waals surface area contributed by atoms with Crippen molar-refractivity contribution in [2.75, 3.05) is 39.6 Å². The largest absolute Gasteiger partial charge is 0.379 e. The minimum absolute atomic E-state index is 0. The number of ether oxygens (including phenoxy) is 1. The molecule has 0 amide bonds. The third kappa shape index (κ3) is 8.59. The van der Waals surface area contributed by atoms with E-state index in [1.54, 1.807) is 24.9 Å². The normalized spacial score (nSPS) is 14.7. The standard InChI is InChI=1S/C23H31FN4OS.HI/c1-25-23(27-15-20-6-7-22(24)13-21(20)17-30-2)26-14-18-4-3-5-19(12-18)16-28-8-10-29-11-9-28;/h3-7,12-13H,8-11,14-17H2,1-2H3,(H2,25,26,27);1H. The van der Waals surface area contributed by atoms with E-state index in [0.717, 1.165) is 55.7 Å². The molecule has 8 heteroatoms. The van der Waals surface area contributed by atoms with Gasteiger partial charge in [0.1, 0.15) is 5.82 Å². The fraction of sp³-hybridized carbons (Fsp3) is 0.435. The minimum atomic E-state index is -0.192. The van der Waals surface area contributed by atoms with Crippen LogP contribution in [0, 0.1) is 5.82 Å². The van der Waals surface area contributed by atoms with Gasteiger partial charge in [-0.1, -0.05) is 30.3 Å². The second-order valence-electron chi connectivity index (χ2n) is 7.33. The Balaban J connectivity index is 0.00000341. The first kappa shape index (κ1) is 25.9. The molecule has 0 aliphatic carbocycles. The number of halogens is 2. The quantitative estimate of drug-likeness (QED) is 0.292. The molecule has 1 aliphatic rings. The van der Waals surface area contributed by atoms with Crippen LogP contribution in [0.25, 0.3) is 0 Å². The third-order valence-electron chi connectivity index (χ3n) is 5.10. The maximum absolute atomic E-state index is 13.5. The van der Waals surface area contributed by atoms with Crippen LogP contribution in [0.4, 0.5) is 4.39 Å². The van der Waals surface area contributed by atoms with Gasteiger partial charge in [0.15, 0.2) is 5.96 Å². The fourth-order valence-electron chi connectivity index (χ4n) is 3.50. The van der Waals surface area contributed by atoms with Crippen molar-refractivity contribution in [2.24, 2.45) is 4.99 Å². The maximum atomic E-state index is 13.5. The van der Waals surface area contributed by atoms with Crippen molar-refractivity contribution < 1.29 is 9.13 Å². The molecule has 1 aliphatic heterocycles. The Kier molecular flexibility index (Phi) is 11.6. The summed E-state index contributed by atoms with van der Waals surface area (Å²) in [6.45, 7) is 5.85. The summed E-state index contributed by atoms with van der Waals surface area (Å²) in [5, 5.41) is 6.72. The Bertz CT molecular complexity index is 846. The van der Waals surface area contributed by atoms with E-state index in [1.165, 1.54) is 17.2 Å². The molecule has 2 aromatic rings. The van der Waals surface area contributed by atoms with E-state index in [0.29, 0.717) is 13.1 Å². The lowest BCUT2D eigenvalue weighted by atomic mass is 10.1. The van der Waals surface area contributed by atoms with Crippen LogP contribution in [-0.2, 0) is 30.1 Å². The van der Waals surface area contributed by atoms with Crippen LogP contribution in [0.3, 0.4) is 0 Å². The highest BCUT2D eigenvalue weighted by molar-refractivity contribution is 14.0. The first-order valence-corrected chi connectivity index (χ1v) is 11.7. The summed E-state index contributed by atoms with van der Waals surface area (Å²) in [5.41, 5.74) is 4.63. The average Bonchev–Trinajstić information content (AvgIpc) is 2.76. The molecular weight excluding hydrogens is 526 g/mol. The first-order valence-electron chi connectivity index (χ1n) is 10.3. The van der Waals surface area contributed by atoms with E-state index in [4.69, 9.17) is 4.74 Å². The Hall–Kier alpha value is -1.36. The van der Waals surface area contributed by atoms with Gasteiger partial charge in [-0.05, 0) is 40.6 Å². The molecule has 0 unspecified atom stereocenters. The number of benzene rings is 2. The lowest BCUT2D eigenvalue weighted by Gasteiger charge is -2.26. The van der Waals surface area contributed by atoms with Crippen molar-refractivity contribution in [1.29, 1.82) is 0 Å². The zero-order chi connectivity index (χ0) is 21.2. The number of hydrogen-bond donors (Lipinski definition) is 2. The van der Waals surface area contributed by atoms with Crippen molar-refractivity contribution in [3.05, 3.63) is 70.5 Å². The van der Waals surface area contributed by atoms with E-state index >= 15 is 0 Å². The second kappa shape index (κ2) is 13.9. The van der Waals surface area contributed by atoms with Gasteiger partial charge >= 0.3 is 0 Å². The zero-order valence-electron chi connectivity index (χ0n) is 18.2. The summed E-state index contributed by atoms with van der Waals surface area (Å²) in [4.78, 5) is 6.74. The van der Waals surface area contributed by atoms with Gasteiger partial charge in [0, 0.05) is 45.5 Å². The Morgan fingerprint density at radius 3 is 2.55 bits per heavy atom. The fourth-order valence-corrected chi connectivity index (χ4v) is 4.08. The first-order chi connectivity index (χ1) is 14.7. The summed E-state index contributed by atoms with van der Waals surface area (Å²) in [6, 6.07) is 13.6. The number of morpholine rings is 1. The molecule has 0 radical (unpaired) electrons. The number of aliphatic imine (C=N–C) groups is 1.